The minimum absolute atomic E-state index is 0.146. The molecule has 0 radical (unpaired) electrons. The van der Waals surface area contributed by atoms with Crippen LogP contribution in [0.5, 0.6) is 0 Å². The van der Waals surface area contributed by atoms with Gasteiger partial charge in [-0.3, -0.25) is 4.57 Å². The van der Waals surface area contributed by atoms with Crippen molar-refractivity contribution in [2.45, 2.75) is 12.5 Å². The van der Waals surface area contributed by atoms with Gasteiger partial charge in [-0.25, -0.2) is 4.79 Å². The first-order chi connectivity index (χ1) is 7.47. The van der Waals surface area contributed by atoms with Crippen molar-refractivity contribution in [1.82, 2.24) is 0 Å². The minimum Gasteiger partial charge on any atom is -0.454 e. The van der Waals surface area contributed by atoms with Crippen LogP contribution >= 0.6 is 7.60 Å². The first kappa shape index (κ1) is 11.3. The maximum absolute atomic E-state index is 11.4. The highest BCUT2D eigenvalue weighted by Gasteiger charge is 2.31. The number of cyclic esters (lactones) is 1. The number of esters is 1. The van der Waals surface area contributed by atoms with Gasteiger partial charge < -0.3 is 14.5 Å². The molecule has 2 N–H and O–H groups in total. The van der Waals surface area contributed by atoms with Gasteiger partial charge in [-0.2, -0.15) is 0 Å². The summed E-state index contributed by atoms with van der Waals surface area (Å²) in [7, 11) is -4.04. The molecule has 0 saturated heterocycles. The Kier molecular flexibility index (Phi) is 2.84. The lowest BCUT2D eigenvalue weighted by molar-refractivity contribution is 0.0377. The molecule has 0 saturated carbocycles. The Morgan fingerprint density at radius 2 is 2.00 bits per heavy atom. The van der Waals surface area contributed by atoms with E-state index in [0.29, 0.717) is 11.1 Å². The fraction of sp³-hybridized carbons (Fsp3) is 0.300. The van der Waals surface area contributed by atoms with Crippen LogP contribution in [0.25, 0.3) is 0 Å². The van der Waals surface area contributed by atoms with Crippen LogP contribution in [0.4, 0.5) is 0 Å². The normalized spacial score (nSPS) is 19.4. The molecular formula is C10H11O5P. The van der Waals surface area contributed by atoms with Crippen molar-refractivity contribution in [2.75, 3.05) is 6.16 Å². The summed E-state index contributed by atoms with van der Waals surface area (Å²) >= 11 is 0. The van der Waals surface area contributed by atoms with Crippen molar-refractivity contribution >= 4 is 13.6 Å². The van der Waals surface area contributed by atoms with Gasteiger partial charge in [0.1, 0.15) is 6.10 Å². The van der Waals surface area contributed by atoms with E-state index in [-0.39, 0.29) is 12.6 Å². The zero-order chi connectivity index (χ0) is 11.8. The molecule has 5 nitrogen and oxygen atoms in total. The van der Waals surface area contributed by atoms with Crippen LogP contribution in [0.3, 0.4) is 0 Å². The summed E-state index contributed by atoms with van der Waals surface area (Å²) < 4.78 is 15.8. The maximum Gasteiger partial charge on any atom is 0.339 e. The fourth-order valence-corrected chi connectivity index (χ4v) is 2.29. The Labute approximate surface area is 92.2 Å². The van der Waals surface area contributed by atoms with Gasteiger partial charge in [-0.05, 0) is 12.5 Å². The molecule has 0 amide bonds. The standard InChI is InChI=1S/C10H11O5P/c11-10-8-4-2-1-3-7(8)9(15-10)5-6-16(12,13)14/h1-4,9H,5-6H2,(H2,12,13,14). The summed E-state index contributed by atoms with van der Waals surface area (Å²) in [6.07, 6.45) is -0.664. The van der Waals surface area contributed by atoms with Gasteiger partial charge in [0.15, 0.2) is 0 Å². The molecule has 6 heteroatoms. The molecule has 2 rings (SSSR count). The van der Waals surface area contributed by atoms with Crippen LogP contribution in [-0.2, 0) is 9.30 Å². The molecule has 1 aliphatic rings. The lowest BCUT2D eigenvalue weighted by Crippen LogP contribution is -2.01. The van der Waals surface area contributed by atoms with E-state index in [0.717, 1.165) is 0 Å². The second-order valence-corrected chi connectivity index (χ2v) is 5.43. The van der Waals surface area contributed by atoms with Crippen LogP contribution in [0.15, 0.2) is 24.3 Å². The average Bonchev–Trinajstić information content (AvgIpc) is 2.53. The number of fused-ring (bicyclic) bond motifs is 1. The Morgan fingerprint density at radius 3 is 2.69 bits per heavy atom. The van der Waals surface area contributed by atoms with E-state index < -0.39 is 19.7 Å². The van der Waals surface area contributed by atoms with Crippen molar-refractivity contribution < 1.29 is 23.9 Å². The molecule has 0 spiro atoms. The minimum atomic E-state index is -4.04. The van der Waals surface area contributed by atoms with E-state index in [2.05, 4.69) is 0 Å². The third-order valence-electron chi connectivity index (χ3n) is 2.46. The van der Waals surface area contributed by atoms with Gasteiger partial charge in [-0.1, -0.05) is 18.2 Å². The summed E-state index contributed by atoms with van der Waals surface area (Å²) in [4.78, 5) is 28.9. The Bertz CT molecular complexity index is 464. The summed E-state index contributed by atoms with van der Waals surface area (Å²) in [5, 5.41) is 0. The predicted octanol–water partition coefficient (Wildman–Crippen LogP) is 1.47. The molecule has 0 fully saturated rings. The highest BCUT2D eigenvalue weighted by atomic mass is 31.2. The van der Waals surface area contributed by atoms with Gasteiger partial charge >= 0.3 is 13.6 Å². The zero-order valence-corrected chi connectivity index (χ0v) is 9.26. The summed E-state index contributed by atoms with van der Waals surface area (Å²) in [5.74, 6) is -0.425. The van der Waals surface area contributed by atoms with Crippen molar-refractivity contribution in [2.24, 2.45) is 0 Å². The largest absolute Gasteiger partial charge is 0.454 e. The molecule has 86 valence electrons. The number of ether oxygens (including phenoxy) is 1. The Hall–Kier alpha value is -1.16. The molecule has 1 aromatic rings. The smallest absolute Gasteiger partial charge is 0.339 e. The number of carbonyl (C=O) groups is 1. The number of benzene rings is 1. The van der Waals surface area contributed by atoms with E-state index in [9.17, 15) is 9.36 Å². The first-order valence-electron chi connectivity index (χ1n) is 4.82. The molecular weight excluding hydrogens is 231 g/mol. The van der Waals surface area contributed by atoms with Crippen LogP contribution < -0.4 is 0 Å². The van der Waals surface area contributed by atoms with E-state index in [1.165, 1.54) is 0 Å². The van der Waals surface area contributed by atoms with Crippen molar-refractivity contribution in [3.63, 3.8) is 0 Å². The highest BCUT2D eigenvalue weighted by Crippen LogP contribution is 2.40. The van der Waals surface area contributed by atoms with Crippen LogP contribution in [-0.4, -0.2) is 21.9 Å². The van der Waals surface area contributed by atoms with Gasteiger partial charge in [0, 0.05) is 5.56 Å². The summed E-state index contributed by atoms with van der Waals surface area (Å²) in [5.41, 5.74) is 1.19. The SMILES string of the molecule is O=C1OC(CCP(=O)(O)O)c2ccccc21. The van der Waals surface area contributed by atoms with Gasteiger partial charge in [0.25, 0.3) is 0 Å². The number of hydrogen-bond donors (Lipinski definition) is 2. The molecule has 0 aliphatic carbocycles. The van der Waals surface area contributed by atoms with Gasteiger partial charge in [-0.15, -0.1) is 0 Å². The van der Waals surface area contributed by atoms with Crippen LogP contribution in [0, 0.1) is 0 Å². The van der Waals surface area contributed by atoms with Crippen molar-refractivity contribution in [3.8, 4) is 0 Å². The van der Waals surface area contributed by atoms with E-state index in [4.69, 9.17) is 14.5 Å². The maximum atomic E-state index is 11.4. The van der Waals surface area contributed by atoms with E-state index in [1.807, 2.05) is 0 Å². The molecule has 1 unspecified atom stereocenters. The third kappa shape index (κ3) is 2.32. The van der Waals surface area contributed by atoms with E-state index in [1.54, 1.807) is 24.3 Å². The average molecular weight is 242 g/mol. The third-order valence-corrected chi connectivity index (χ3v) is 3.30. The lowest BCUT2D eigenvalue weighted by Gasteiger charge is -2.10. The van der Waals surface area contributed by atoms with Gasteiger partial charge in [0.05, 0.1) is 11.7 Å². The second-order valence-electron chi connectivity index (χ2n) is 3.66. The molecule has 1 atom stereocenters. The molecule has 1 aromatic carbocycles. The molecule has 16 heavy (non-hydrogen) atoms. The number of carbonyl (C=O) groups excluding carboxylic acids is 1. The lowest BCUT2D eigenvalue weighted by atomic mass is 10.0. The molecule has 0 bridgehead atoms. The molecule has 1 heterocycles. The molecule has 1 aliphatic heterocycles. The number of hydrogen-bond acceptors (Lipinski definition) is 3. The Morgan fingerprint density at radius 1 is 1.31 bits per heavy atom. The van der Waals surface area contributed by atoms with Crippen LogP contribution in [0.2, 0.25) is 0 Å². The zero-order valence-electron chi connectivity index (χ0n) is 8.37. The summed E-state index contributed by atoms with van der Waals surface area (Å²) in [6, 6.07) is 6.89. The van der Waals surface area contributed by atoms with Crippen molar-refractivity contribution in [1.29, 1.82) is 0 Å². The topological polar surface area (TPSA) is 83.8 Å². The van der Waals surface area contributed by atoms with Crippen molar-refractivity contribution in [3.05, 3.63) is 35.4 Å². The van der Waals surface area contributed by atoms with Gasteiger partial charge in [0.2, 0.25) is 0 Å². The quantitative estimate of drug-likeness (QED) is 0.619. The summed E-state index contributed by atoms with van der Waals surface area (Å²) in [6.45, 7) is 0. The predicted molar refractivity (Wildman–Crippen MR) is 56.1 cm³/mol. The monoisotopic (exact) mass is 242 g/mol. The fourth-order valence-electron chi connectivity index (χ4n) is 1.72. The highest BCUT2D eigenvalue weighted by molar-refractivity contribution is 7.51. The Balaban J connectivity index is 2.15. The number of rotatable bonds is 3. The molecule has 0 aromatic heterocycles. The van der Waals surface area contributed by atoms with Crippen LogP contribution in [0.1, 0.15) is 28.4 Å². The van der Waals surface area contributed by atoms with E-state index >= 15 is 0 Å². The first-order valence-corrected chi connectivity index (χ1v) is 6.61. The second kappa shape index (κ2) is 4.01.